The largest absolute Gasteiger partial charge is 0.380 e. The van der Waals surface area contributed by atoms with Gasteiger partial charge in [0.1, 0.15) is 0 Å². The first-order chi connectivity index (χ1) is 10.7. The van der Waals surface area contributed by atoms with Gasteiger partial charge in [-0.15, -0.1) is 0 Å². The summed E-state index contributed by atoms with van der Waals surface area (Å²) in [7, 11) is 1.69. The molecule has 1 amide bonds. The molecule has 4 nitrogen and oxygen atoms in total. The quantitative estimate of drug-likeness (QED) is 0.814. The molecule has 2 rings (SSSR count). The summed E-state index contributed by atoms with van der Waals surface area (Å²) in [6.07, 6.45) is 6.39. The Bertz CT molecular complexity index is 482. The Hall–Kier alpha value is -1.39. The third-order valence-corrected chi connectivity index (χ3v) is 4.67. The zero-order valence-electron chi connectivity index (χ0n) is 13.6. The van der Waals surface area contributed by atoms with Crippen LogP contribution >= 0.6 is 0 Å². The highest BCUT2D eigenvalue weighted by molar-refractivity contribution is 5.76. The van der Waals surface area contributed by atoms with Gasteiger partial charge in [-0.1, -0.05) is 43.5 Å². The van der Waals surface area contributed by atoms with Gasteiger partial charge in [0.2, 0.25) is 5.91 Å². The van der Waals surface area contributed by atoms with E-state index in [0.717, 1.165) is 24.0 Å². The molecule has 0 radical (unpaired) electrons. The molecule has 0 atom stereocenters. The van der Waals surface area contributed by atoms with Crippen LogP contribution in [0.4, 0.5) is 0 Å². The number of ether oxygens (including phenoxy) is 1. The smallest absolute Gasteiger partial charge is 0.220 e. The van der Waals surface area contributed by atoms with Gasteiger partial charge in [0, 0.05) is 20.1 Å². The second-order valence-corrected chi connectivity index (χ2v) is 6.47. The fourth-order valence-electron chi connectivity index (χ4n) is 3.35. The molecule has 1 aliphatic carbocycles. The van der Waals surface area contributed by atoms with Gasteiger partial charge in [0.05, 0.1) is 6.61 Å². The second-order valence-electron chi connectivity index (χ2n) is 6.47. The fraction of sp³-hybridized carbons (Fsp3) is 0.611. The van der Waals surface area contributed by atoms with E-state index in [1.165, 1.54) is 19.3 Å². The fourth-order valence-corrected chi connectivity index (χ4v) is 3.35. The third kappa shape index (κ3) is 4.82. The summed E-state index contributed by atoms with van der Waals surface area (Å²) in [4.78, 5) is 12.3. The van der Waals surface area contributed by atoms with Crippen molar-refractivity contribution in [3.63, 3.8) is 0 Å². The first kappa shape index (κ1) is 17.0. The van der Waals surface area contributed by atoms with Crippen LogP contribution in [0.2, 0.25) is 0 Å². The molecule has 0 saturated heterocycles. The lowest BCUT2D eigenvalue weighted by Gasteiger charge is -2.35. The van der Waals surface area contributed by atoms with E-state index in [2.05, 4.69) is 11.4 Å². The molecule has 0 heterocycles. The van der Waals surface area contributed by atoms with Crippen molar-refractivity contribution in [1.29, 1.82) is 0 Å². The van der Waals surface area contributed by atoms with Crippen molar-refractivity contribution in [2.24, 2.45) is 11.1 Å². The predicted molar refractivity (Wildman–Crippen MR) is 88.2 cm³/mol. The number of hydrogen-bond donors (Lipinski definition) is 2. The highest BCUT2D eigenvalue weighted by Gasteiger charge is 2.32. The molecule has 1 aromatic carbocycles. The normalized spacial score (nSPS) is 17.2. The van der Waals surface area contributed by atoms with Crippen molar-refractivity contribution in [2.45, 2.75) is 51.7 Å². The first-order valence-electron chi connectivity index (χ1n) is 8.21. The molecule has 0 unspecified atom stereocenters. The number of hydrogen-bond acceptors (Lipinski definition) is 3. The minimum Gasteiger partial charge on any atom is -0.380 e. The maximum atomic E-state index is 12.3. The third-order valence-electron chi connectivity index (χ3n) is 4.67. The number of rotatable bonds is 7. The predicted octanol–water partition coefficient (Wildman–Crippen LogP) is 2.75. The summed E-state index contributed by atoms with van der Waals surface area (Å²) < 4.78 is 5.14. The molecule has 22 heavy (non-hydrogen) atoms. The van der Waals surface area contributed by atoms with E-state index in [9.17, 15) is 4.79 Å². The highest BCUT2D eigenvalue weighted by Crippen LogP contribution is 2.38. The van der Waals surface area contributed by atoms with Crippen LogP contribution in [-0.4, -0.2) is 19.6 Å². The van der Waals surface area contributed by atoms with Crippen molar-refractivity contribution in [2.75, 3.05) is 13.7 Å². The average molecular weight is 304 g/mol. The first-order valence-corrected chi connectivity index (χ1v) is 8.21. The SMILES string of the molecule is COCc1cccc(CNC(=O)CC2(CN)CCCCC2)c1. The van der Waals surface area contributed by atoms with Gasteiger partial charge in [0.25, 0.3) is 0 Å². The Morgan fingerprint density at radius 3 is 2.68 bits per heavy atom. The molecular weight excluding hydrogens is 276 g/mol. The summed E-state index contributed by atoms with van der Waals surface area (Å²) in [5.41, 5.74) is 8.21. The number of methoxy groups -OCH3 is 1. The van der Waals surface area contributed by atoms with Gasteiger partial charge in [-0.05, 0) is 35.9 Å². The van der Waals surface area contributed by atoms with Crippen molar-refractivity contribution in [1.82, 2.24) is 5.32 Å². The molecule has 3 N–H and O–H groups in total. The van der Waals surface area contributed by atoms with Crippen LogP contribution in [0.5, 0.6) is 0 Å². The van der Waals surface area contributed by atoms with Gasteiger partial charge < -0.3 is 15.8 Å². The Labute approximate surface area is 133 Å². The van der Waals surface area contributed by atoms with Crippen LogP contribution in [-0.2, 0) is 22.7 Å². The number of carbonyl (C=O) groups is 1. The molecule has 1 fully saturated rings. The molecule has 122 valence electrons. The standard InChI is InChI=1S/C18H28N2O2/c1-22-13-16-7-5-6-15(10-16)12-20-17(21)11-18(14-19)8-3-2-4-9-18/h5-7,10H,2-4,8-9,11-14,19H2,1H3,(H,20,21). The Morgan fingerprint density at radius 2 is 2.00 bits per heavy atom. The number of carbonyl (C=O) groups excluding carboxylic acids is 1. The maximum Gasteiger partial charge on any atom is 0.220 e. The number of amides is 1. The van der Waals surface area contributed by atoms with Crippen LogP contribution in [0.25, 0.3) is 0 Å². The van der Waals surface area contributed by atoms with Crippen LogP contribution in [0.3, 0.4) is 0 Å². The van der Waals surface area contributed by atoms with E-state index in [1.807, 2.05) is 18.2 Å². The lowest BCUT2D eigenvalue weighted by Crippen LogP contribution is -2.38. The second kappa shape index (κ2) is 8.30. The molecule has 4 heteroatoms. The van der Waals surface area contributed by atoms with Crippen LogP contribution in [0.1, 0.15) is 49.7 Å². The van der Waals surface area contributed by atoms with E-state index in [0.29, 0.717) is 26.1 Å². The van der Waals surface area contributed by atoms with E-state index < -0.39 is 0 Å². The van der Waals surface area contributed by atoms with Gasteiger partial charge in [0.15, 0.2) is 0 Å². The van der Waals surface area contributed by atoms with Crippen LogP contribution < -0.4 is 11.1 Å². The number of benzene rings is 1. The monoisotopic (exact) mass is 304 g/mol. The molecule has 0 bridgehead atoms. The average Bonchev–Trinajstić information content (AvgIpc) is 2.54. The van der Waals surface area contributed by atoms with Crippen LogP contribution in [0.15, 0.2) is 24.3 Å². The Balaban J connectivity index is 1.85. The molecule has 0 spiro atoms. The van der Waals surface area contributed by atoms with Gasteiger partial charge in [-0.25, -0.2) is 0 Å². The van der Waals surface area contributed by atoms with Crippen LogP contribution in [0, 0.1) is 5.41 Å². The summed E-state index contributed by atoms with van der Waals surface area (Å²) in [5.74, 6) is 0.115. The molecule has 0 aromatic heterocycles. The summed E-state index contributed by atoms with van der Waals surface area (Å²) in [6, 6.07) is 8.13. The lowest BCUT2D eigenvalue weighted by molar-refractivity contribution is -0.124. The molecule has 1 aromatic rings. The summed E-state index contributed by atoms with van der Waals surface area (Å²) >= 11 is 0. The number of nitrogens with two attached hydrogens (primary N) is 1. The van der Waals surface area contributed by atoms with Crippen molar-refractivity contribution in [3.8, 4) is 0 Å². The zero-order valence-corrected chi connectivity index (χ0v) is 13.6. The van der Waals surface area contributed by atoms with Crippen molar-refractivity contribution >= 4 is 5.91 Å². The van der Waals surface area contributed by atoms with Gasteiger partial charge in [-0.3, -0.25) is 4.79 Å². The minimum atomic E-state index is 0.0280. The summed E-state index contributed by atoms with van der Waals surface area (Å²) in [6.45, 7) is 1.78. The van der Waals surface area contributed by atoms with E-state index in [4.69, 9.17) is 10.5 Å². The van der Waals surface area contributed by atoms with E-state index in [-0.39, 0.29) is 11.3 Å². The summed E-state index contributed by atoms with van der Waals surface area (Å²) in [5, 5.41) is 3.04. The van der Waals surface area contributed by atoms with Crippen molar-refractivity contribution in [3.05, 3.63) is 35.4 Å². The molecule has 1 aliphatic rings. The Morgan fingerprint density at radius 1 is 1.27 bits per heavy atom. The number of nitrogens with one attached hydrogen (secondary N) is 1. The van der Waals surface area contributed by atoms with Gasteiger partial charge >= 0.3 is 0 Å². The minimum absolute atomic E-state index is 0.0280. The molecule has 0 aliphatic heterocycles. The highest BCUT2D eigenvalue weighted by atomic mass is 16.5. The Kier molecular flexibility index (Phi) is 6.40. The van der Waals surface area contributed by atoms with Crippen molar-refractivity contribution < 1.29 is 9.53 Å². The van der Waals surface area contributed by atoms with E-state index in [1.54, 1.807) is 7.11 Å². The molecular formula is C18H28N2O2. The zero-order chi connectivity index (χ0) is 15.8. The lowest BCUT2D eigenvalue weighted by atomic mass is 9.71. The maximum absolute atomic E-state index is 12.3. The van der Waals surface area contributed by atoms with E-state index >= 15 is 0 Å². The topological polar surface area (TPSA) is 64.3 Å². The molecule has 1 saturated carbocycles. The van der Waals surface area contributed by atoms with Gasteiger partial charge in [-0.2, -0.15) is 0 Å².